The SMILES string of the molecule is C.CCCCC1(c2cc(O)c(C=O)c(OC)c2)CCCC1.CCCCC1(c2cc(OC)c(C=O)c(OC)c2)CCCC1.CCCCc1cc2c(O)cc(C3(CCCC)CCCCC3)cc2oc1=O.CCCCc1cc2c(OC)cc(C3(CCCC)CCCCC3)cc2oc1=O. The predicted molar refractivity (Wildman–Crippen MR) is 390 cm³/mol. The number of unbranched alkanes of at least 4 members (excludes halogenated alkanes) is 6. The van der Waals surface area contributed by atoms with Gasteiger partial charge >= 0.3 is 11.3 Å². The molecule has 95 heavy (non-hydrogen) atoms. The van der Waals surface area contributed by atoms with E-state index in [-0.39, 0.29) is 57.4 Å². The largest absolute Gasteiger partial charge is 0.507 e. The van der Waals surface area contributed by atoms with Crippen LogP contribution in [0.5, 0.6) is 34.5 Å². The van der Waals surface area contributed by atoms with E-state index >= 15 is 0 Å². The molecule has 12 nitrogen and oxygen atoms in total. The number of aldehydes is 2. The van der Waals surface area contributed by atoms with Gasteiger partial charge in [-0.15, -0.1) is 0 Å². The van der Waals surface area contributed by atoms with Gasteiger partial charge < -0.3 is 38.0 Å². The van der Waals surface area contributed by atoms with Crippen LogP contribution < -0.4 is 30.2 Å². The van der Waals surface area contributed by atoms with Gasteiger partial charge in [-0.2, -0.15) is 0 Å². The Hall–Kier alpha value is -6.56. The first kappa shape index (κ1) is 77.4. The quantitative estimate of drug-likeness (QED) is 0.0352. The minimum Gasteiger partial charge on any atom is -0.507 e. The number of carbonyl (C=O) groups is 2. The number of aryl methyl sites for hydroxylation is 2. The van der Waals surface area contributed by atoms with Gasteiger partial charge in [0.1, 0.15) is 45.7 Å². The highest BCUT2D eigenvalue weighted by atomic mass is 16.5. The molecule has 6 aromatic rings. The molecule has 0 atom stereocenters. The maximum Gasteiger partial charge on any atom is 0.339 e. The van der Waals surface area contributed by atoms with Crippen molar-refractivity contribution in [1.82, 2.24) is 0 Å². The first-order valence-electron chi connectivity index (χ1n) is 36.6. The Bertz CT molecular complexity index is 3450. The second kappa shape index (κ2) is 37.8. The molecule has 4 fully saturated rings. The van der Waals surface area contributed by atoms with Crippen molar-refractivity contribution in [2.45, 2.75) is 302 Å². The topological polar surface area (TPSA) is 172 Å². The molecule has 4 aliphatic rings. The molecule has 0 spiro atoms. The van der Waals surface area contributed by atoms with E-state index < -0.39 is 0 Å². The number of rotatable bonds is 28. The number of benzene rings is 4. The lowest BCUT2D eigenvalue weighted by molar-refractivity contribution is 0.111. The van der Waals surface area contributed by atoms with E-state index in [4.69, 9.17) is 27.8 Å². The molecule has 0 unspecified atom stereocenters. The monoisotopic (exact) mass is 1310 g/mol. The summed E-state index contributed by atoms with van der Waals surface area (Å²) in [5, 5.41) is 22.4. The average Bonchev–Trinajstić information content (AvgIpc) is 1.11. The van der Waals surface area contributed by atoms with Crippen LogP contribution in [0.3, 0.4) is 0 Å². The molecule has 0 bridgehead atoms. The summed E-state index contributed by atoms with van der Waals surface area (Å²) in [4.78, 5) is 47.2. The summed E-state index contributed by atoms with van der Waals surface area (Å²) >= 11 is 0. The second-order valence-electron chi connectivity index (χ2n) is 28.0. The van der Waals surface area contributed by atoms with E-state index in [2.05, 4.69) is 53.7 Å². The van der Waals surface area contributed by atoms with E-state index in [1.54, 1.807) is 34.5 Å². The average molecular weight is 1310 g/mol. The summed E-state index contributed by atoms with van der Waals surface area (Å²) in [7, 11) is 6.48. The molecule has 10 rings (SSSR count). The smallest absolute Gasteiger partial charge is 0.339 e. The molecule has 2 aromatic heterocycles. The molecule has 2 heterocycles. The van der Waals surface area contributed by atoms with Crippen molar-refractivity contribution in [2.75, 3.05) is 28.4 Å². The molecule has 0 aliphatic heterocycles. The highest BCUT2D eigenvalue weighted by Gasteiger charge is 2.39. The van der Waals surface area contributed by atoms with Crippen molar-refractivity contribution in [3.63, 3.8) is 0 Å². The number of phenolic OH excluding ortho intramolecular Hbond substituents is 2. The Morgan fingerprint density at radius 3 is 1.03 bits per heavy atom. The van der Waals surface area contributed by atoms with Crippen molar-refractivity contribution in [3.05, 3.63) is 126 Å². The van der Waals surface area contributed by atoms with Gasteiger partial charge in [-0.05, 0) is 207 Å². The van der Waals surface area contributed by atoms with Gasteiger partial charge in [0.2, 0.25) is 0 Å². The molecule has 0 amide bonds. The first-order chi connectivity index (χ1) is 45.6. The molecule has 4 saturated carbocycles. The predicted octanol–water partition coefficient (Wildman–Crippen LogP) is 22.1. The zero-order valence-corrected chi connectivity index (χ0v) is 59.4. The van der Waals surface area contributed by atoms with Gasteiger partial charge in [0, 0.05) is 11.1 Å². The molecular formula is C83H120O12. The minimum absolute atomic E-state index is 0. The van der Waals surface area contributed by atoms with Gasteiger partial charge in [-0.3, -0.25) is 9.59 Å². The van der Waals surface area contributed by atoms with Crippen LogP contribution in [-0.4, -0.2) is 51.2 Å². The van der Waals surface area contributed by atoms with Gasteiger partial charge in [-0.25, -0.2) is 9.59 Å². The zero-order chi connectivity index (χ0) is 67.7. The highest BCUT2D eigenvalue weighted by Crippen LogP contribution is 2.51. The maximum atomic E-state index is 12.5. The number of carbonyl (C=O) groups excluding carboxylic acids is 2. The van der Waals surface area contributed by atoms with E-state index in [1.807, 2.05) is 42.5 Å². The van der Waals surface area contributed by atoms with Gasteiger partial charge in [0.25, 0.3) is 0 Å². The van der Waals surface area contributed by atoms with Crippen molar-refractivity contribution in [3.8, 4) is 34.5 Å². The van der Waals surface area contributed by atoms with E-state index in [0.29, 0.717) is 57.6 Å². The Morgan fingerprint density at radius 2 is 0.674 bits per heavy atom. The fraction of sp³-hybridized carbons (Fsp3) is 0.614. The molecule has 4 aliphatic carbocycles. The van der Waals surface area contributed by atoms with Gasteiger partial charge in [0.15, 0.2) is 12.6 Å². The third-order valence-electron chi connectivity index (χ3n) is 22.0. The molecule has 524 valence electrons. The summed E-state index contributed by atoms with van der Waals surface area (Å²) in [6.45, 7) is 13.2. The lowest BCUT2D eigenvalue weighted by Crippen LogP contribution is -2.29. The van der Waals surface area contributed by atoms with Crippen LogP contribution >= 0.6 is 0 Å². The molecule has 4 aromatic carbocycles. The summed E-state index contributed by atoms with van der Waals surface area (Å²) in [6.07, 6.45) is 43.6. The van der Waals surface area contributed by atoms with Crippen LogP contribution in [0.2, 0.25) is 0 Å². The number of hydrogen-bond donors (Lipinski definition) is 2. The van der Waals surface area contributed by atoms with Crippen LogP contribution in [-0.2, 0) is 34.5 Å². The van der Waals surface area contributed by atoms with Crippen LogP contribution in [0.25, 0.3) is 21.9 Å². The minimum atomic E-state index is -0.256. The summed E-state index contributed by atoms with van der Waals surface area (Å²) in [6, 6.07) is 19.9. The number of aromatic hydroxyl groups is 2. The van der Waals surface area contributed by atoms with Crippen molar-refractivity contribution in [1.29, 1.82) is 0 Å². The number of fused-ring (bicyclic) bond motifs is 2. The zero-order valence-electron chi connectivity index (χ0n) is 59.4. The molecule has 12 heteroatoms. The van der Waals surface area contributed by atoms with Gasteiger partial charge in [0.05, 0.1) is 50.3 Å². The van der Waals surface area contributed by atoms with E-state index in [0.717, 1.165) is 105 Å². The standard InChI is InChI=1S/C24H34O3.C23H32O3.C18H26O3.C17H24O3.CH4/c1-4-6-11-18-15-20-21(26-3)16-19(17-22(20)27-23(18)25)24(12-7-5-2)13-9-8-10-14-24;1-3-5-10-17-14-19-20(24)15-18(16-21(19)26-22(17)25)23(11-6-4-2)12-8-7-9-13-23;1-4-5-8-18(9-6-7-10-18)14-11-16(20-2)15(13-19)17(12-14)21-3;1-3-4-7-17(8-5-6-9-17)13-10-15(19)14(12-18)16(11-13)20-2;/h15-17H,4-14H2,1-3H3;14-16,24H,3-13H2,1-2H3;11-13H,4-10H2,1-3H3;10-12,19H,3-9H2,1-2H3;1H4. The Kier molecular flexibility index (Phi) is 30.8. The first-order valence-corrected chi connectivity index (χ1v) is 36.6. The second-order valence-corrected chi connectivity index (χ2v) is 28.0. The number of ether oxygens (including phenoxy) is 4. The number of hydrogen-bond acceptors (Lipinski definition) is 12. The fourth-order valence-corrected chi connectivity index (χ4v) is 16.3. The molecule has 2 N–H and O–H groups in total. The third-order valence-corrected chi connectivity index (χ3v) is 22.0. The summed E-state index contributed by atoms with van der Waals surface area (Å²) in [5.74, 6) is 2.87. The van der Waals surface area contributed by atoms with Crippen LogP contribution in [0, 0.1) is 0 Å². The molecule has 0 radical (unpaired) electrons. The Balaban J connectivity index is 0.000000201. The third kappa shape index (κ3) is 19.0. The normalized spacial score (nSPS) is 16.6. The summed E-state index contributed by atoms with van der Waals surface area (Å²) < 4.78 is 33.3. The lowest BCUT2D eigenvalue weighted by Gasteiger charge is -2.38. The number of methoxy groups -OCH3 is 4. The van der Waals surface area contributed by atoms with Gasteiger partial charge in [-0.1, -0.05) is 177 Å². The van der Waals surface area contributed by atoms with Crippen LogP contribution in [0.15, 0.2) is 79.1 Å². The maximum absolute atomic E-state index is 12.5. The highest BCUT2D eigenvalue weighted by molar-refractivity contribution is 5.87. The lowest BCUT2D eigenvalue weighted by atomic mass is 9.66. The van der Waals surface area contributed by atoms with Crippen molar-refractivity contribution >= 4 is 34.5 Å². The molecular weight excluding hydrogens is 1190 g/mol. The fourth-order valence-electron chi connectivity index (χ4n) is 16.3. The summed E-state index contributed by atoms with van der Waals surface area (Å²) in [5.41, 5.74) is 8.51. The van der Waals surface area contributed by atoms with E-state index in [1.165, 1.54) is 165 Å². The van der Waals surface area contributed by atoms with Crippen molar-refractivity contribution < 1.29 is 47.6 Å². The van der Waals surface area contributed by atoms with Crippen LogP contribution in [0.1, 0.15) is 321 Å². The molecule has 0 saturated heterocycles. The number of phenols is 2. The van der Waals surface area contributed by atoms with Crippen LogP contribution in [0.4, 0.5) is 0 Å². The van der Waals surface area contributed by atoms with E-state index in [9.17, 15) is 29.4 Å². The Labute approximate surface area is 570 Å². The van der Waals surface area contributed by atoms with Crippen molar-refractivity contribution in [2.24, 2.45) is 0 Å². The Morgan fingerprint density at radius 1 is 0.379 bits per heavy atom.